The molecule has 4 aliphatic carbocycles. The predicted molar refractivity (Wildman–Crippen MR) is 115 cm³/mol. The van der Waals surface area contributed by atoms with E-state index >= 15 is 0 Å². The average Bonchev–Trinajstić information content (AvgIpc) is 3.04. The molecule has 0 aromatic heterocycles. The van der Waals surface area contributed by atoms with Crippen molar-refractivity contribution in [1.82, 2.24) is 0 Å². The Morgan fingerprint density at radius 3 is 2.52 bits per heavy atom. The molecular formula is C26H40O3. The van der Waals surface area contributed by atoms with Gasteiger partial charge in [-0.05, 0) is 97.9 Å². The van der Waals surface area contributed by atoms with Crippen LogP contribution in [0.4, 0.5) is 0 Å². The first-order valence-electron chi connectivity index (χ1n) is 12.2. The van der Waals surface area contributed by atoms with Crippen LogP contribution in [0.5, 0.6) is 0 Å². The first kappa shape index (κ1) is 21.1. The fourth-order valence-electron chi connectivity index (χ4n) is 8.79. The Balaban J connectivity index is 1.64. The Labute approximate surface area is 176 Å². The minimum Gasteiger partial charge on any atom is -0.481 e. The summed E-state index contributed by atoms with van der Waals surface area (Å²) in [5.41, 5.74) is 1.65. The van der Waals surface area contributed by atoms with E-state index in [1.165, 1.54) is 44.9 Å². The maximum atomic E-state index is 13.8. The maximum absolute atomic E-state index is 13.8. The molecule has 0 spiro atoms. The van der Waals surface area contributed by atoms with E-state index in [1.54, 1.807) is 0 Å². The second-order valence-electron chi connectivity index (χ2n) is 11.3. The lowest BCUT2D eigenvalue weighted by molar-refractivity contribution is -0.146. The van der Waals surface area contributed by atoms with Gasteiger partial charge in [-0.3, -0.25) is 9.59 Å². The molecule has 0 aromatic carbocycles. The summed E-state index contributed by atoms with van der Waals surface area (Å²) in [7, 11) is 0. The van der Waals surface area contributed by atoms with Gasteiger partial charge in [-0.2, -0.15) is 0 Å². The van der Waals surface area contributed by atoms with Crippen molar-refractivity contribution in [1.29, 1.82) is 0 Å². The number of hydrogen-bond acceptors (Lipinski definition) is 2. The van der Waals surface area contributed by atoms with Crippen LogP contribution >= 0.6 is 0 Å². The van der Waals surface area contributed by atoms with Crippen LogP contribution < -0.4 is 0 Å². The van der Waals surface area contributed by atoms with Gasteiger partial charge in [0.25, 0.3) is 0 Å². The van der Waals surface area contributed by atoms with Crippen molar-refractivity contribution in [2.75, 3.05) is 0 Å². The predicted octanol–water partition coefficient (Wildman–Crippen LogP) is 6.27. The summed E-state index contributed by atoms with van der Waals surface area (Å²) in [6, 6.07) is 0. The van der Waals surface area contributed by atoms with Crippen LogP contribution in [0.25, 0.3) is 0 Å². The molecule has 0 radical (unpaired) electrons. The molecule has 0 heterocycles. The van der Waals surface area contributed by atoms with Gasteiger partial charge in [0.1, 0.15) is 0 Å². The van der Waals surface area contributed by atoms with E-state index < -0.39 is 5.97 Å². The number of allylic oxidation sites excluding steroid dienone is 2. The molecule has 7 unspecified atom stereocenters. The summed E-state index contributed by atoms with van der Waals surface area (Å²) in [5.74, 6) is 2.51. The fraction of sp³-hybridized carbons (Fsp3) is 0.846. The van der Waals surface area contributed by atoms with Crippen molar-refractivity contribution in [2.45, 2.75) is 91.9 Å². The first-order chi connectivity index (χ1) is 13.7. The van der Waals surface area contributed by atoms with Crippen molar-refractivity contribution in [3.05, 3.63) is 11.6 Å². The standard InChI is InChI=1S/C26H40O3/c1-5-17-19-8-6-7-14-25(19,3)21-13-15-26(4)18(16(2)9-12-22(27)28)10-11-20(26)23(21)24(17)29/h5,16,18-21,23H,6-15H2,1-4H3,(H,27,28)/b17-5+/t16?,18?,19?,20?,21?,23?,25?,26-/m1/s1. The van der Waals surface area contributed by atoms with Crippen molar-refractivity contribution in [2.24, 2.45) is 46.3 Å². The molecule has 4 fully saturated rings. The second kappa shape index (κ2) is 7.54. The van der Waals surface area contributed by atoms with Crippen LogP contribution in [0.1, 0.15) is 91.9 Å². The third kappa shape index (κ3) is 3.13. The molecule has 0 amide bonds. The number of Topliss-reactive ketones (excluding diaryl/α,β-unsaturated/α-hetero) is 1. The van der Waals surface area contributed by atoms with E-state index in [4.69, 9.17) is 5.11 Å². The smallest absolute Gasteiger partial charge is 0.303 e. The van der Waals surface area contributed by atoms with Crippen LogP contribution in [0.2, 0.25) is 0 Å². The number of carboxylic acids is 1. The Bertz CT molecular complexity index is 709. The molecule has 0 aliphatic heterocycles. The fourth-order valence-corrected chi connectivity index (χ4v) is 8.79. The molecule has 4 saturated carbocycles. The van der Waals surface area contributed by atoms with E-state index in [1.807, 2.05) is 0 Å². The van der Waals surface area contributed by atoms with Gasteiger partial charge in [-0.1, -0.05) is 39.7 Å². The molecule has 162 valence electrons. The van der Waals surface area contributed by atoms with Crippen molar-refractivity contribution in [3.63, 3.8) is 0 Å². The Kier molecular flexibility index (Phi) is 5.49. The van der Waals surface area contributed by atoms with Crippen LogP contribution in [0.15, 0.2) is 11.6 Å². The van der Waals surface area contributed by atoms with Gasteiger partial charge in [0, 0.05) is 12.3 Å². The van der Waals surface area contributed by atoms with Gasteiger partial charge in [0.15, 0.2) is 5.78 Å². The molecule has 3 heteroatoms. The summed E-state index contributed by atoms with van der Waals surface area (Å²) >= 11 is 0. The van der Waals surface area contributed by atoms with Crippen molar-refractivity contribution >= 4 is 11.8 Å². The second-order valence-corrected chi connectivity index (χ2v) is 11.3. The van der Waals surface area contributed by atoms with E-state index in [-0.39, 0.29) is 17.8 Å². The van der Waals surface area contributed by atoms with E-state index in [9.17, 15) is 9.59 Å². The highest BCUT2D eigenvalue weighted by molar-refractivity contribution is 5.99. The van der Waals surface area contributed by atoms with Crippen molar-refractivity contribution < 1.29 is 14.7 Å². The van der Waals surface area contributed by atoms with Gasteiger partial charge < -0.3 is 5.11 Å². The van der Waals surface area contributed by atoms with E-state index in [0.29, 0.717) is 40.8 Å². The third-order valence-electron chi connectivity index (χ3n) is 10.2. The molecular weight excluding hydrogens is 360 g/mol. The molecule has 8 atom stereocenters. The Morgan fingerprint density at radius 2 is 1.83 bits per heavy atom. The SMILES string of the molecule is C/C=C1/C(=O)C2C(CC[C@]3(C)C(C(C)CCC(=O)O)CCC23)C2(C)CCCCC12. The van der Waals surface area contributed by atoms with Crippen LogP contribution in [0.3, 0.4) is 0 Å². The number of aliphatic carboxylic acids is 1. The number of fused-ring (bicyclic) bond motifs is 5. The molecule has 3 nitrogen and oxygen atoms in total. The largest absolute Gasteiger partial charge is 0.481 e. The Hall–Kier alpha value is -1.12. The number of carbonyl (C=O) groups excluding carboxylic acids is 1. The lowest BCUT2D eigenvalue weighted by atomic mass is 9.43. The number of carboxylic acid groups (broad SMARTS) is 1. The quantitative estimate of drug-likeness (QED) is 0.566. The van der Waals surface area contributed by atoms with Gasteiger partial charge in [0.05, 0.1) is 0 Å². The third-order valence-corrected chi connectivity index (χ3v) is 10.2. The molecule has 0 aromatic rings. The van der Waals surface area contributed by atoms with Gasteiger partial charge in [-0.15, -0.1) is 0 Å². The number of hydrogen-bond donors (Lipinski definition) is 1. The summed E-state index contributed by atoms with van der Waals surface area (Å²) < 4.78 is 0. The molecule has 29 heavy (non-hydrogen) atoms. The number of ketones is 1. The highest BCUT2D eigenvalue weighted by atomic mass is 16.4. The number of carbonyl (C=O) groups is 2. The summed E-state index contributed by atoms with van der Waals surface area (Å²) in [5, 5.41) is 9.13. The topological polar surface area (TPSA) is 54.4 Å². The normalized spacial score (nSPS) is 46.7. The minimum atomic E-state index is -0.684. The average molecular weight is 401 g/mol. The zero-order chi connectivity index (χ0) is 21.0. The van der Waals surface area contributed by atoms with Crippen molar-refractivity contribution in [3.8, 4) is 0 Å². The lowest BCUT2D eigenvalue weighted by Crippen LogP contribution is -2.57. The summed E-state index contributed by atoms with van der Waals surface area (Å²) in [4.78, 5) is 24.9. The molecule has 0 bridgehead atoms. The van der Waals surface area contributed by atoms with Crippen LogP contribution in [0, 0.1) is 46.3 Å². The van der Waals surface area contributed by atoms with E-state index in [0.717, 1.165) is 18.4 Å². The van der Waals surface area contributed by atoms with Gasteiger partial charge in [0.2, 0.25) is 0 Å². The first-order valence-corrected chi connectivity index (χ1v) is 12.2. The zero-order valence-electron chi connectivity index (χ0n) is 18.9. The summed E-state index contributed by atoms with van der Waals surface area (Å²) in [6.45, 7) is 9.29. The Morgan fingerprint density at radius 1 is 1.10 bits per heavy atom. The molecule has 4 rings (SSSR count). The monoisotopic (exact) mass is 400 g/mol. The minimum absolute atomic E-state index is 0.200. The molecule has 1 N–H and O–H groups in total. The number of rotatable bonds is 4. The van der Waals surface area contributed by atoms with Crippen LogP contribution in [-0.4, -0.2) is 16.9 Å². The molecule has 0 saturated heterocycles. The molecule has 4 aliphatic rings. The highest BCUT2D eigenvalue weighted by Gasteiger charge is 2.63. The van der Waals surface area contributed by atoms with Crippen LogP contribution in [-0.2, 0) is 9.59 Å². The highest BCUT2D eigenvalue weighted by Crippen LogP contribution is 2.68. The lowest BCUT2D eigenvalue weighted by Gasteiger charge is -2.60. The summed E-state index contributed by atoms with van der Waals surface area (Å²) in [6.07, 6.45) is 13.0. The maximum Gasteiger partial charge on any atom is 0.303 e. The van der Waals surface area contributed by atoms with Gasteiger partial charge >= 0.3 is 5.97 Å². The van der Waals surface area contributed by atoms with E-state index in [2.05, 4.69) is 33.8 Å². The van der Waals surface area contributed by atoms with Gasteiger partial charge in [-0.25, -0.2) is 0 Å². The zero-order valence-corrected chi connectivity index (χ0v) is 18.9.